The minimum Gasteiger partial charge on any atom is -0.496 e. The van der Waals surface area contributed by atoms with E-state index in [-0.39, 0.29) is 31.2 Å². The Hall–Kier alpha value is -2.29. The molecule has 0 bridgehead atoms. The van der Waals surface area contributed by atoms with Crippen LogP contribution < -0.4 is 15.4 Å². The first-order chi connectivity index (χ1) is 12.8. The van der Waals surface area contributed by atoms with Crippen molar-refractivity contribution in [2.24, 2.45) is 0 Å². The summed E-state index contributed by atoms with van der Waals surface area (Å²) in [6.45, 7) is 0.332. The Kier molecular flexibility index (Phi) is 7.46. The van der Waals surface area contributed by atoms with Gasteiger partial charge in [0.05, 0.1) is 17.1 Å². The molecule has 0 radical (unpaired) electrons. The van der Waals surface area contributed by atoms with Crippen molar-refractivity contribution in [2.45, 2.75) is 19.0 Å². The second kappa shape index (κ2) is 9.59. The number of anilines is 1. The van der Waals surface area contributed by atoms with Crippen LogP contribution in [0.4, 0.5) is 19.0 Å². The Morgan fingerprint density at radius 3 is 2.70 bits per heavy atom. The zero-order valence-electron chi connectivity index (χ0n) is 14.6. The fourth-order valence-corrected chi connectivity index (χ4v) is 2.96. The van der Waals surface area contributed by atoms with Crippen LogP contribution in [0.2, 0.25) is 0 Å². The van der Waals surface area contributed by atoms with Crippen molar-refractivity contribution in [1.29, 1.82) is 0 Å². The molecule has 0 aliphatic heterocycles. The van der Waals surface area contributed by atoms with Gasteiger partial charge in [0, 0.05) is 25.7 Å². The van der Waals surface area contributed by atoms with Crippen LogP contribution in [0.5, 0.6) is 5.75 Å². The average molecular weight is 446 g/mol. The lowest BCUT2D eigenvalue weighted by atomic mass is 10.1. The molecular weight excluding hydrogens is 427 g/mol. The second-order valence-electron chi connectivity index (χ2n) is 5.64. The number of nitrogens with zero attached hydrogens (tertiary/aromatic N) is 1. The highest BCUT2D eigenvalue weighted by molar-refractivity contribution is 9.10. The molecule has 1 amide bonds. The SMILES string of the molecule is COc1ccc(CCC(=O)NCCNc2ncccc2C(F)(F)F)cc1Br. The van der Waals surface area contributed by atoms with Crippen molar-refractivity contribution in [3.8, 4) is 5.75 Å². The van der Waals surface area contributed by atoms with Crippen molar-refractivity contribution in [3.63, 3.8) is 0 Å². The molecule has 0 unspecified atom stereocenters. The van der Waals surface area contributed by atoms with E-state index in [4.69, 9.17) is 4.74 Å². The number of pyridine rings is 1. The maximum atomic E-state index is 12.9. The molecule has 1 aromatic heterocycles. The van der Waals surface area contributed by atoms with Gasteiger partial charge in [-0.25, -0.2) is 4.98 Å². The zero-order valence-corrected chi connectivity index (χ0v) is 16.2. The molecule has 0 atom stereocenters. The molecule has 0 saturated heterocycles. The molecule has 9 heteroatoms. The van der Waals surface area contributed by atoms with Crippen molar-refractivity contribution in [3.05, 3.63) is 52.1 Å². The number of hydrogen-bond acceptors (Lipinski definition) is 4. The number of hydrogen-bond donors (Lipinski definition) is 2. The number of aromatic nitrogens is 1. The number of benzene rings is 1. The van der Waals surface area contributed by atoms with Gasteiger partial charge in [0.25, 0.3) is 0 Å². The van der Waals surface area contributed by atoms with E-state index in [0.717, 1.165) is 16.1 Å². The van der Waals surface area contributed by atoms with Crippen LogP contribution in [0.15, 0.2) is 41.0 Å². The zero-order chi connectivity index (χ0) is 19.9. The molecule has 5 nitrogen and oxygen atoms in total. The van der Waals surface area contributed by atoms with Gasteiger partial charge in [-0.3, -0.25) is 4.79 Å². The minimum atomic E-state index is -4.48. The number of carbonyl (C=O) groups excluding carboxylic acids is 1. The normalized spacial score (nSPS) is 11.1. The Bertz CT molecular complexity index is 785. The van der Waals surface area contributed by atoms with Gasteiger partial charge in [0.15, 0.2) is 0 Å². The smallest absolute Gasteiger partial charge is 0.419 e. The lowest BCUT2D eigenvalue weighted by Crippen LogP contribution is -2.29. The first-order valence-corrected chi connectivity index (χ1v) is 8.95. The van der Waals surface area contributed by atoms with Crippen molar-refractivity contribution in [1.82, 2.24) is 10.3 Å². The number of nitrogens with one attached hydrogen (secondary N) is 2. The molecular formula is C18H19BrF3N3O2. The summed E-state index contributed by atoms with van der Waals surface area (Å²) in [7, 11) is 1.57. The monoisotopic (exact) mass is 445 g/mol. The number of alkyl halides is 3. The van der Waals surface area contributed by atoms with Crippen LogP contribution in [0, 0.1) is 0 Å². The molecule has 0 fully saturated rings. The Balaban J connectivity index is 1.75. The fraction of sp³-hybridized carbons (Fsp3) is 0.333. The fourth-order valence-electron chi connectivity index (χ4n) is 2.37. The predicted molar refractivity (Wildman–Crippen MR) is 99.8 cm³/mol. The van der Waals surface area contributed by atoms with Gasteiger partial charge in [-0.1, -0.05) is 6.07 Å². The predicted octanol–water partition coefficient (Wildman–Crippen LogP) is 4.03. The number of methoxy groups -OCH3 is 1. The summed E-state index contributed by atoms with van der Waals surface area (Å²) in [5.41, 5.74) is 0.140. The minimum absolute atomic E-state index is 0.139. The summed E-state index contributed by atoms with van der Waals surface area (Å²) in [6, 6.07) is 7.76. The van der Waals surface area contributed by atoms with Gasteiger partial charge in [-0.2, -0.15) is 13.2 Å². The molecule has 27 heavy (non-hydrogen) atoms. The van der Waals surface area contributed by atoms with Crippen molar-refractivity contribution in [2.75, 3.05) is 25.5 Å². The van der Waals surface area contributed by atoms with E-state index in [9.17, 15) is 18.0 Å². The number of carbonyl (C=O) groups is 1. The van der Waals surface area contributed by atoms with Gasteiger partial charge in [-0.05, 0) is 52.2 Å². The van der Waals surface area contributed by atoms with Gasteiger partial charge in [-0.15, -0.1) is 0 Å². The van der Waals surface area contributed by atoms with E-state index in [1.807, 2.05) is 18.2 Å². The van der Waals surface area contributed by atoms with Crippen LogP contribution in [0.3, 0.4) is 0 Å². The Labute approximate surface area is 163 Å². The molecule has 0 saturated carbocycles. The van der Waals surface area contributed by atoms with Gasteiger partial charge in [0.1, 0.15) is 11.6 Å². The summed E-state index contributed by atoms with van der Waals surface area (Å²) in [5, 5.41) is 5.27. The van der Waals surface area contributed by atoms with Crippen LogP contribution in [0.25, 0.3) is 0 Å². The quantitative estimate of drug-likeness (QED) is 0.602. The first-order valence-electron chi connectivity index (χ1n) is 8.16. The summed E-state index contributed by atoms with van der Waals surface area (Å²) in [6.07, 6.45) is -2.38. The van der Waals surface area contributed by atoms with Crippen LogP contribution in [-0.4, -0.2) is 31.1 Å². The number of aryl methyl sites for hydroxylation is 1. The highest BCUT2D eigenvalue weighted by Crippen LogP contribution is 2.33. The van der Waals surface area contributed by atoms with Crippen LogP contribution in [0.1, 0.15) is 17.5 Å². The molecule has 2 aromatic rings. The summed E-state index contributed by atoms with van der Waals surface area (Å²) < 4.78 is 44.5. The van der Waals surface area contributed by atoms with E-state index in [2.05, 4.69) is 31.5 Å². The highest BCUT2D eigenvalue weighted by Gasteiger charge is 2.33. The average Bonchev–Trinajstić information content (AvgIpc) is 2.63. The molecule has 1 aromatic carbocycles. The lowest BCUT2D eigenvalue weighted by molar-refractivity contribution is -0.137. The largest absolute Gasteiger partial charge is 0.496 e. The van der Waals surface area contributed by atoms with Crippen LogP contribution in [-0.2, 0) is 17.4 Å². The molecule has 0 aliphatic carbocycles. The first kappa shape index (κ1) is 21.0. The molecule has 0 aliphatic rings. The third kappa shape index (κ3) is 6.42. The second-order valence-corrected chi connectivity index (χ2v) is 6.50. The summed E-state index contributed by atoms with van der Waals surface area (Å²) in [4.78, 5) is 15.6. The van der Waals surface area contributed by atoms with Gasteiger partial charge in [0.2, 0.25) is 5.91 Å². The Morgan fingerprint density at radius 2 is 2.04 bits per heavy atom. The van der Waals surface area contributed by atoms with Crippen LogP contribution >= 0.6 is 15.9 Å². The molecule has 2 N–H and O–H groups in total. The van der Waals surface area contributed by atoms with E-state index in [1.165, 1.54) is 12.3 Å². The maximum Gasteiger partial charge on any atom is 0.419 e. The number of halogens is 4. The third-order valence-corrected chi connectivity index (χ3v) is 4.33. The molecule has 146 valence electrons. The number of ether oxygens (including phenoxy) is 1. The molecule has 0 spiro atoms. The molecule has 1 heterocycles. The van der Waals surface area contributed by atoms with E-state index < -0.39 is 11.7 Å². The van der Waals surface area contributed by atoms with Crippen molar-refractivity contribution >= 4 is 27.7 Å². The third-order valence-electron chi connectivity index (χ3n) is 3.71. The van der Waals surface area contributed by atoms with Gasteiger partial charge < -0.3 is 15.4 Å². The summed E-state index contributed by atoms with van der Waals surface area (Å²) >= 11 is 3.39. The van der Waals surface area contributed by atoms with E-state index >= 15 is 0 Å². The maximum absolute atomic E-state index is 12.9. The highest BCUT2D eigenvalue weighted by atomic mass is 79.9. The van der Waals surface area contributed by atoms with E-state index in [1.54, 1.807) is 7.11 Å². The number of rotatable bonds is 8. The Morgan fingerprint density at radius 1 is 1.26 bits per heavy atom. The number of amides is 1. The van der Waals surface area contributed by atoms with E-state index in [0.29, 0.717) is 12.2 Å². The lowest BCUT2D eigenvalue weighted by Gasteiger charge is -2.13. The molecule has 2 rings (SSSR count). The van der Waals surface area contributed by atoms with Crippen molar-refractivity contribution < 1.29 is 22.7 Å². The standard InChI is InChI=1S/C18H19BrF3N3O2/c1-27-15-6-4-12(11-14(15)19)5-7-16(26)23-9-10-25-17-13(18(20,21)22)3-2-8-24-17/h2-4,6,8,11H,5,7,9-10H2,1H3,(H,23,26)(H,24,25). The summed E-state index contributed by atoms with van der Waals surface area (Å²) in [5.74, 6) is 0.283. The topological polar surface area (TPSA) is 63.2 Å². The van der Waals surface area contributed by atoms with Gasteiger partial charge >= 0.3 is 6.18 Å².